The minimum atomic E-state index is -4.73. The number of amides is 1. The van der Waals surface area contributed by atoms with Crippen LogP contribution in [-0.2, 0) is 21.3 Å². The lowest BCUT2D eigenvalue weighted by Gasteiger charge is -2.39. The SMILES string of the molecule is COc1ccc(CN(c2ncns2)S(=O)(=O)c2cc(F)c(OCC3CN(C(=O)OC(C)(C)C)CCC3c3ccc(Cl)cc3)cc2F)c(OC)c1. The molecule has 0 saturated carbocycles. The zero-order chi connectivity index (χ0) is 36.2. The minimum absolute atomic E-state index is 0.0666. The average Bonchev–Trinajstić information content (AvgIpc) is 3.61. The summed E-state index contributed by atoms with van der Waals surface area (Å²) >= 11 is 6.88. The number of halogens is 3. The van der Waals surface area contributed by atoms with Crippen LogP contribution in [-0.4, -0.2) is 68.3 Å². The molecule has 3 aromatic carbocycles. The number of piperidine rings is 1. The molecule has 1 aliphatic heterocycles. The Labute approximate surface area is 298 Å². The van der Waals surface area contributed by atoms with Gasteiger partial charge in [0.25, 0.3) is 10.0 Å². The third-order valence-electron chi connectivity index (χ3n) is 8.06. The Hall–Kier alpha value is -4.21. The van der Waals surface area contributed by atoms with Crippen molar-refractivity contribution in [3.05, 3.63) is 88.7 Å². The van der Waals surface area contributed by atoms with Crippen molar-refractivity contribution in [2.75, 3.05) is 38.2 Å². The number of sulfonamides is 1. The molecule has 50 heavy (non-hydrogen) atoms. The molecule has 2 atom stereocenters. The Kier molecular flexibility index (Phi) is 11.4. The number of carbonyl (C=O) groups excluding carboxylic acids is 1. The number of methoxy groups -OCH3 is 2. The van der Waals surface area contributed by atoms with E-state index in [1.807, 2.05) is 12.1 Å². The molecule has 16 heteroatoms. The molecule has 1 aliphatic rings. The Bertz CT molecular complexity index is 1910. The van der Waals surface area contributed by atoms with Gasteiger partial charge in [0.15, 0.2) is 11.6 Å². The number of hydrogen-bond acceptors (Lipinski definition) is 10. The molecule has 268 valence electrons. The van der Waals surface area contributed by atoms with Crippen molar-refractivity contribution >= 4 is 44.4 Å². The summed E-state index contributed by atoms with van der Waals surface area (Å²) in [6, 6.07) is 13.4. The summed E-state index contributed by atoms with van der Waals surface area (Å²) in [6.45, 7) is 5.53. The van der Waals surface area contributed by atoms with E-state index >= 15 is 8.78 Å². The predicted molar refractivity (Wildman–Crippen MR) is 185 cm³/mol. The van der Waals surface area contributed by atoms with Gasteiger partial charge in [-0.05, 0) is 62.9 Å². The molecule has 11 nitrogen and oxygen atoms in total. The van der Waals surface area contributed by atoms with Crippen LogP contribution in [0.4, 0.5) is 18.7 Å². The lowest BCUT2D eigenvalue weighted by molar-refractivity contribution is 0.0110. The van der Waals surface area contributed by atoms with Gasteiger partial charge >= 0.3 is 6.09 Å². The van der Waals surface area contributed by atoms with Gasteiger partial charge in [-0.15, -0.1) is 0 Å². The molecule has 4 aromatic rings. The second-order valence-corrected chi connectivity index (χ2v) is 15.6. The van der Waals surface area contributed by atoms with Crippen LogP contribution in [0.5, 0.6) is 17.2 Å². The second kappa shape index (κ2) is 15.4. The van der Waals surface area contributed by atoms with E-state index in [1.54, 1.807) is 56.0 Å². The molecule has 1 amide bonds. The van der Waals surface area contributed by atoms with Crippen molar-refractivity contribution in [3.8, 4) is 17.2 Å². The molecule has 5 rings (SSSR count). The van der Waals surface area contributed by atoms with Gasteiger partial charge in [-0.3, -0.25) is 0 Å². The smallest absolute Gasteiger partial charge is 0.410 e. The van der Waals surface area contributed by atoms with Crippen molar-refractivity contribution in [3.63, 3.8) is 0 Å². The number of anilines is 1. The zero-order valence-corrected chi connectivity index (χ0v) is 30.4. The van der Waals surface area contributed by atoms with Crippen molar-refractivity contribution in [1.82, 2.24) is 14.3 Å². The molecule has 0 bridgehead atoms. The Morgan fingerprint density at radius 3 is 2.42 bits per heavy atom. The molecule has 0 radical (unpaired) electrons. The third kappa shape index (κ3) is 8.56. The highest BCUT2D eigenvalue weighted by Crippen LogP contribution is 2.37. The van der Waals surface area contributed by atoms with E-state index < -0.39 is 44.0 Å². The quantitative estimate of drug-likeness (QED) is 0.156. The monoisotopic (exact) mass is 750 g/mol. The summed E-state index contributed by atoms with van der Waals surface area (Å²) in [5, 5.41) is 0.497. The van der Waals surface area contributed by atoms with Crippen LogP contribution < -0.4 is 18.5 Å². The lowest BCUT2D eigenvalue weighted by Crippen LogP contribution is -2.46. The molecule has 2 unspecified atom stereocenters. The van der Waals surface area contributed by atoms with Crippen LogP contribution in [0.1, 0.15) is 44.2 Å². The molecule has 0 N–H and O–H groups in total. The maximum absolute atomic E-state index is 15.8. The largest absolute Gasteiger partial charge is 0.497 e. The number of likely N-dealkylation sites (tertiary alicyclic amines) is 1. The van der Waals surface area contributed by atoms with Gasteiger partial charge < -0.3 is 23.8 Å². The van der Waals surface area contributed by atoms with Crippen molar-refractivity contribution in [2.45, 2.75) is 50.2 Å². The molecule has 2 heterocycles. The summed E-state index contributed by atoms with van der Waals surface area (Å²) in [4.78, 5) is 17.6. The van der Waals surface area contributed by atoms with E-state index in [-0.39, 0.29) is 36.7 Å². The van der Waals surface area contributed by atoms with E-state index in [2.05, 4.69) is 9.36 Å². The Balaban J connectivity index is 1.41. The first-order valence-electron chi connectivity index (χ1n) is 15.6. The van der Waals surface area contributed by atoms with Crippen LogP contribution in [0.25, 0.3) is 0 Å². The molecular formula is C34H37ClF2N4O7S2. The first-order chi connectivity index (χ1) is 23.7. The topological polar surface area (TPSA) is 120 Å². The van der Waals surface area contributed by atoms with Crippen LogP contribution in [0.2, 0.25) is 5.02 Å². The van der Waals surface area contributed by atoms with Crippen LogP contribution in [0.15, 0.2) is 65.8 Å². The van der Waals surface area contributed by atoms with Gasteiger partial charge in [-0.25, -0.2) is 31.3 Å². The summed E-state index contributed by atoms with van der Waals surface area (Å²) in [6.07, 6.45) is 1.23. The number of carbonyl (C=O) groups is 1. The highest BCUT2D eigenvalue weighted by Gasteiger charge is 2.36. The second-order valence-electron chi connectivity index (χ2n) is 12.6. The number of aromatic nitrogens is 2. The number of ether oxygens (including phenoxy) is 4. The lowest BCUT2D eigenvalue weighted by atomic mass is 9.81. The number of rotatable bonds is 11. The van der Waals surface area contributed by atoms with Gasteiger partial charge in [0.2, 0.25) is 5.13 Å². The third-order valence-corrected chi connectivity index (χ3v) is 10.9. The summed E-state index contributed by atoms with van der Waals surface area (Å²) in [5.41, 5.74) is 0.659. The zero-order valence-electron chi connectivity index (χ0n) is 28.1. The van der Waals surface area contributed by atoms with Crippen molar-refractivity contribution in [2.24, 2.45) is 5.92 Å². The van der Waals surface area contributed by atoms with Gasteiger partial charge in [-0.2, -0.15) is 4.37 Å². The molecule has 1 fully saturated rings. The number of benzene rings is 3. The first kappa shape index (κ1) is 37.1. The predicted octanol–water partition coefficient (Wildman–Crippen LogP) is 7.30. The van der Waals surface area contributed by atoms with Gasteiger partial charge in [0, 0.05) is 59.3 Å². The summed E-state index contributed by atoms with van der Waals surface area (Å²) in [7, 11) is -1.85. The van der Waals surface area contributed by atoms with Crippen LogP contribution in [0, 0.1) is 17.6 Å². The standard InChI is InChI=1S/C34H37ClF2N4O7S2/c1-34(2,3)48-33(42)40-13-12-26(21-6-9-24(35)10-7-21)23(17-40)19-47-30-15-28(37)31(16-27(30)36)50(43,44)41(32-38-20-39-49-32)18-22-8-11-25(45-4)14-29(22)46-5/h6-11,14-16,20,23,26H,12-13,17-19H2,1-5H3. The fourth-order valence-electron chi connectivity index (χ4n) is 5.65. The molecule has 0 aliphatic carbocycles. The minimum Gasteiger partial charge on any atom is -0.497 e. The van der Waals surface area contributed by atoms with Gasteiger partial charge in [-0.1, -0.05) is 23.7 Å². The maximum Gasteiger partial charge on any atom is 0.410 e. The molecule has 1 saturated heterocycles. The average molecular weight is 751 g/mol. The van der Waals surface area contributed by atoms with E-state index in [0.29, 0.717) is 47.2 Å². The van der Waals surface area contributed by atoms with E-state index in [1.165, 1.54) is 14.2 Å². The van der Waals surface area contributed by atoms with Gasteiger partial charge in [0.05, 0.1) is 27.4 Å². The fourth-order valence-corrected chi connectivity index (χ4v) is 7.96. The normalized spacial score (nSPS) is 16.5. The van der Waals surface area contributed by atoms with E-state index in [9.17, 15) is 13.2 Å². The first-order valence-corrected chi connectivity index (χ1v) is 18.1. The van der Waals surface area contributed by atoms with Crippen molar-refractivity contribution < 1.29 is 40.9 Å². The summed E-state index contributed by atoms with van der Waals surface area (Å²) in [5.74, 6) is -2.47. The van der Waals surface area contributed by atoms with Crippen LogP contribution in [0.3, 0.4) is 0 Å². The summed E-state index contributed by atoms with van der Waals surface area (Å²) < 4.78 is 86.2. The fraction of sp³-hybridized carbons (Fsp3) is 0.382. The van der Waals surface area contributed by atoms with E-state index in [4.69, 9.17) is 30.5 Å². The molecule has 1 aromatic heterocycles. The number of hydrogen-bond donors (Lipinski definition) is 0. The Morgan fingerprint density at radius 2 is 1.78 bits per heavy atom. The van der Waals surface area contributed by atoms with Gasteiger partial charge in [0.1, 0.15) is 34.1 Å². The number of nitrogens with zero attached hydrogens (tertiary/aromatic N) is 4. The highest BCUT2D eigenvalue weighted by molar-refractivity contribution is 7.93. The maximum atomic E-state index is 15.8. The van der Waals surface area contributed by atoms with E-state index in [0.717, 1.165) is 27.7 Å². The molecular weight excluding hydrogens is 714 g/mol. The molecule has 0 spiro atoms. The Morgan fingerprint density at radius 1 is 1.04 bits per heavy atom. The van der Waals surface area contributed by atoms with Crippen LogP contribution >= 0.6 is 23.1 Å². The highest BCUT2D eigenvalue weighted by atomic mass is 35.5. The van der Waals surface area contributed by atoms with Crippen molar-refractivity contribution in [1.29, 1.82) is 0 Å².